The zero-order chi connectivity index (χ0) is 57.4. The van der Waals surface area contributed by atoms with E-state index in [1.165, 1.54) is 77.0 Å². The van der Waals surface area contributed by atoms with Gasteiger partial charge in [0.25, 0.3) is 0 Å². The van der Waals surface area contributed by atoms with Crippen LogP contribution in [-0.4, -0.2) is 125 Å². The van der Waals surface area contributed by atoms with Crippen LogP contribution in [0.2, 0.25) is 0 Å². The van der Waals surface area contributed by atoms with Gasteiger partial charge in [-0.1, -0.05) is 92.5 Å². The van der Waals surface area contributed by atoms with Gasteiger partial charge in [0.05, 0.1) is 26.2 Å². The summed E-state index contributed by atoms with van der Waals surface area (Å²) in [7, 11) is 0. The van der Waals surface area contributed by atoms with Crippen LogP contribution in [-0.2, 0) is 38.1 Å². The molecule has 0 bridgehead atoms. The van der Waals surface area contributed by atoms with Crippen LogP contribution in [0.4, 0.5) is 19.2 Å². The highest BCUT2D eigenvalue weighted by molar-refractivity contribution is 5.87. The van der Waals surface area contributed by atoms with Gasteiger partial charge < -0.3 is 61.5 Å². The fraction of sp³-hybridized carbons (Fsp3) is 0.719. The van der Waals surface area contributed by atoms with Crippen molar-refractivity contribution in [1.82, 2.24) is 42.5 Å². The second kappa shape index (κ2) is 42.0. The van der Waals surface area contributed by atoms with Crippen LogP contribution in [0.5, 0.6) is 0 Å². The highest BCUT2D eigenvalue weighted by Gasteiger charge is 2.25. The lowest BCUT2D eigenvalue weighted by atomic mass is 9.77. The molecule has 4 aliphatic rings. The summed E-state index contributed by atoms with van der Waals surface area (Å²) in [5.74, 6) is 1.90. The third-order valence-electron chi connectivity index (χ3n) is 13.9. The number of hydrogen-bond donors (Lipinski definition) is 8. The number of urea groups is 4. The lowest BCUT2D eigenvalue weighted by molar-refractivity contribution is -0.139. The smallest absolute Gasteiger partial charge is 0.333 e. The Morgan fingerprint density at radius 3 is 1.06 bits per heavy atom. The van der Waals surface area contributed by atoms with Crippen molar-refractivity contribution in [2.45, 2.75) is 175 Å². The summed E-state index contributed by atoms with van der Waals surface area (Å²) >= 11 is 0. The SMILES string of the molecule is C=C(C)C(=O)OCCNC(=O)NC1CCC(C(C)C)CC1.C=C(C)C(=O)OCCNC(=O)NC1CCCCC1.C=CC(=O)OCCNC(=O)NC1CCCCC1.C=CC(=O)OCCNC(=O)NCC1CCC(C(C)C)CC1. The predicted octanol–water partition coefficient (Wildman–Crippen LogP) is 8.18. The number of ether oxygens (including phenoxy) is 4. The quantitative estimate of drug-likeness (QED) is 0.0208. The van der Waals surface area contributed by atoms with Gasteiger partial charge >= 0.3 is 48.0 Å². The molecule has 8 N–H and O–H groups in total. The summed E-state index contributed by atoms with van der Waals surface area (Å²) in [5, 5.41) is 22.4. The number of carbonyl (C=O) groups is 8. The lowest BCUT2D eigenvalue weighted by Gasteiger charge is -2.31. The van der Waals surface area contributed by atoms with Crippen molar-refractivity contribution >= 4 is 48.0 Å². The number of hydrogen-bond acceptors (Lipinski definition) is 12. The van der Waals surface area contributed by atoms with E-state index >= 15 is 0 Å². The summed E-state index contributed by atoms with van der Waals surface area (Å²) in [6, 6.07) is 0.0824. The van der Waals surface area contributed by atoms with E-state index in [-0.39, 0.29) is 62.6 Å². The highest BCUT2D eigenvalue weighted by atomic mass is 16.5. The topological polar surface area (TPSA) is 270 Å². The molecule has 4 fully saturated rings. The highest BCUT2D eigenvalue weighted by Crippen LogP contribution is 2.33. The first kappa shape index (κ1) is 68.9. The molecule has 0 aromatic heterocycles. The van der Waals surface area contributed by atoms with Crippen LogP contribution in [0.15, 0.2) is 49.6 Å². The van der Waals surface area contributed by atoms with Crippen molar-refractivity contribution in [2.24, 2.45) is 29.6 Å². The molecule has 0 aliphatic heterocycles. The molecular weight excluding hydrogens is 989 g/mol. The van der Waals surface area contributed by atoms with Gasteiger partial charge in [-0.05, 0) is 120 Å². The number of esters is 4. The van der Waals surface area contributed by atoms with Gasteiger partial charge in [0, 0.05) is 48.0 Å². The Morgan fingerprint density at radius 2 is 0.740 bits per heavy atom. The zero-order valence-corrected chi connectivity index (χ0v) is 47.6. The largest absolute Gasteiger partial charge is 0.461 e. The van der Waals surface area contributed by atoms with Gasteiger partial charge in [0.2, 0.25) is 0 Å². The molecule has 438 valence electrons. The minimum absolute atomic E-state index is 0.164. The van der Waals surface area contributed by atoms with Gasteiger partial charge in [-0.3, -0.25) is 0 Å². The Morgan fingerprint density at radius 1 is 0.429 bits per heavy atom. The van der Waals surface area contributed by atoms with Gasteiger partial charge in [-0.15, -0.1) is 0 Å². The molecule has 0 radical (unpaired) electrons. The van der Waals surface area contributed by atoms with Crippen molar-refractivity contribution in [3.63, 3.8) is 0 Å². The van der Waals surface area contributed by atoms with Crippen LogP contribution in [0.3, 0.4) is 0 Å². The first-order valence-corrected chi connectivity index (χ1v) is 28.1. The van der Waals surface area contributed by atoms with Crippen molar-refractivity contribution in [1.29, 1.82) is 0 Å². The first-order valence-electron chi connectivity index (χ1n) is 28.1. The predicted molar refractivity (Wildman–Crippen MR) is 299 cm³/mol. The summed E-state index contributed by atoms with van der Waals surface area (Å²) in [4.78, 5) is 90.0. The second-order valence-corrected chi connectivity index (χ2v) is 21.0. The van der Waals surface area contributed by atoms with Gasteiger partial charge in [-0.25, -0.2) is 38.4 Å². The van der Waals surface area contributed by atoms with Crippen LogP contribution < -0.4 is 42.5 Å². The lowest BCUT2D eigenvalue weighted by Crippen LogP contribution is -2.44. The molecule has 77 heavy (non-hydrogen) atoms. The van der Waals surface area contributed by atoms with Gasteiger partial charge in [0.1, 0.15) is 26.4 Å². The maximum atomic E-state index is 11.7. The normalized spacial score (nSPS) is 19.1. The first-order chi connectivity index (χ1) is 36.7. The fourth-order valence-corrected chi connectivity index (χ4v) is 9.11. The standard InChI is InChI=1S/2C16H28N2O3.C13H22N2O3.C12H20N2O3/c1-11(2)13-5-7-14(8-6-13)18-16(20)17-9-10-21-15(19)12(3)4;1-4-15(19)21-10-9-17-16(20)18-11-13-5-7-14(8-6-13)12(2)3;1-10(2)12(16)18-9-8-14-13(17)15-11-6-4-3-5-7-11;1-2-11(15)17-9-8-13-12(16)14-10-6-4-3-5-7-10/h11,13-14H,3,5-10H2,1-2,4H3,(H2,17,18,20);4,12-14H,1,5-11H2,2-3H3,(H2,17,18,20);11H,1,3-9H2,2H3,(H2,14,15,17);2,10H,1,3-9H2,(H2,13,14,16). The van der Waals surface area contributed by atoms with E-state index < -0.39 is 23.9 Å². The van der Waals surface area contributed by atoms with Crippen LogP contribution >= 0.6 is 0 Å². The number of carbonyl (C=O) groups excluding carboxylic acids is 8. The van der Waals surface area contributed by atoms with Gasteiger partial charge in [-0.2, -0.15) is 0 Å². The molecular formula is C57H98N8O12. The molecule has 0 aromatic rings. The molecule has 8 amide bonds. The van der Waals surface area contributed by atoms with E-state index in [2.05, 4.69) is 96.5 Å². The van der Waals surface area contributed by atoms with E-state index in [0.29, 0.717) is 49.3 Å². The molecule has 4 aliphatic carbocycles. The molecule has 0 atom stereocenters. The molecule has 20 nitrogen and oxygen atoms in total. The Kier molecular flexibility index (Phi) is 37.6. The van der Waals surface area contributed by atoms with E-state index in [4.69, 9.17) is 18.9 Å². The number of rotatable bonds is 23. The van der Waals surface area contributed by atoms with E-state index in [1.54, 1.807) is 13.8 Å². The van der Waals surface area contributed by atoms with E-state index in [1.807, 2.05) is 0 Å². The average Bonchev–Trinajstić information content (AvgIpc) is 3.41. The van der Waals surface area contributed by atoms with E-state index in [0.717, 1.165) is 80.9 Å². The maximum absolute atomic E-state index is 11.7. The fourth-order valence-electron chi connectivity index (χ4n) is 9.11. The van der Waals surface area contributed by atoms with Crippen molar-refractivity contribution < 1.29 is 57.3 Å². The summed E-state index contributed by atoms with van der Waals surface area (Å²) in [5.41, 5.74) is 0.725. The van der Waals surface area contributed by atoms with Crippen LogP contribution in [0, 0.1) is 29.6 Å². The number of nitrogens with one attached hydrogen (secondary N) is 8. The summed E-state index contributed by atoms with van der Waals surface area (Å²) in [6.45, 7) is 28.5. The molecule has 0 saturated heterocycles. The molecule has 0 spiro atoms. The minimum atomic E-state index is -0.473. The van der Waals surface area contributed by atoms with Crippen LogP contribution in [0.25, 0.3) is 0 Å². The molecule has 4 saturated carbocycles. The molecule has 0 aromatic carbocycles. The Hall–Kier alpha value is -6.08. The van der Waals surface area contributed by atoms with Crippen molar-refractivity contribution in [3.8, 4) is 0 Å². The van der Waals surface area contributed by atoms with Crippen molar-refractivity contribution in [3.05, 3.63) is 49.6 Å². The molecule has 0 heterocycles. The Labute approximate surface area is 460 Å². The van der Waals surface area contributed by atoms with Crippen molar-refractivity contribution in [2.75, 3.05) is 59.2 Å². The zero-order valence-electron chi connectivity index (χ0n) is 47.6. The molecule has 0 unspecified atom stereocenters. The molecule has 20 heteroatoms. The average molecular weight is 1090 g/mol. The third-order valence-corrected chi connectivity index (χ3v) is 13.9. The summed E-state index contributed by atoms with van der Waals surface area (Å²) < 4.78 is 19.3. The second-order valence-electron chi connectivity index (χ2n) is 21.0. The Bertz CT molecular complexity index is 1820. The Balaban J connectivity index is 0.000000515. The third kappa shape index (κ3) is 35.8. The molecule has 4 rings (SSSR count). The number of amides is 8. The van der Waals surface area contributed by atoms with Crippen LogP contribution in [0.1, 0.15) is 157 Å². The van der Waals surface area contributed by atoms with E-state index in [9.17, 15) is 38.4 Å². The summed E-state index contributed by atoms with van der Waals surface area (Å²) in [6.07, 6.45) is 23.0. The minimum Gasteiger partial charge on any atom is -0.461 e. The maximum Gasteiger partial charge on any atom is 0.333 e. The monoisotopic (exact) mass is 1090 g/mol. The van der Waals surface area contributed by atoms with Gasteiger partial charge in [0.15, 0.2) is 0 Å².